The molecule has 0 amide bonds. The van der Waals surface area contributed by atoms with Crippen molar-refractivity contribution in [2.75, 3.05) is 23.3 Å². The first kappa shape index (κ1) is 23.5. The van der Waals surface area contributed by atoms with Crippen LogP contribution in [0.3, 0.4) is 0 Å². The Morgan fingerprint density at radius 1 is 1.11 bits per heavy atom. The molecular weight excluding hydrogens is 461 g/mol. The molecule has 0 saturated carbocycles. The number of benzene rings is 2. The molecule has 12 heteroatoms. The van der Waals surface area contributed by atoms with Crippen molar-refractivity contribution in [1.82, 2.24) is 19.5 Å². The van der Waals surface area contributed by atoms with E-state index >= 15 is 0 Å². The summed E-state index contributed by atoms with van der Waals surface area (Å²) in [5, 5.41) is 12.5. The van der Waals surface area contributed by atoms with Gasteiger partial charge in [-0.05, 0) is 36.8 Å². The molecule has 0 unspecified atom stereocenters. The van der Waals surface area contributed by atoms with Crippen LogP contribution < -0.4 is 22.3 Å². The zero-order valence-corrected chi connectivity index (χ0v) is 18.4. The molecule has 0 spiro atoms. The van der Waals surface area contributed by atoms with E-state index in [1.165, 1.54) is 12.1 Å². The number of nitrogens with one attached hydrogen (secondary N) is 1. The molecule has 0 fully saturated rings. The number of nitrogens with zero attached hydrogens (tertiary/aromatic N) is 5. The SMILES string of the molecule is Cc1cccc2c(=O)n(-c3cccc(C(F)(F)F)c3)c(CCNc3nc(N)nc(N)c3C#N)nc12. The van der Waals surface area contributed by atoms with Crippen LogP contribution in [0.1, 0.15) is 22.5 Å². The lowest BCUT2D eigenvalue weighted by atomic mass is 10.1. The number of nitrogen functional groups attached to an aromatic ring is 2. The molecule has 0 aliphatic heterocycles. The topological polar surface area (TPSA) is 149 Å². The monoisotopic (exact) mass is 480 g/mol. The molecule has 2 aromatic carbocycles. The standard InChI is InChI=1S/C23H19F3N8O/c1-12-4-2-7-15-18(12)31-17(8-9-30-20-16(11-27)19(28)32-22(29)33-20)34(21(15)35)14-6-3-5-13(10-14)23(24,25)26/h2-7,10H,8-9H2,1H3,(H5,28,29,30,32,33). The largest absolute Gasteiger partial charge is 0.416 e. The highest BCUT2D eigenvalue weighted by Crippen LogP contribution is 2.30. The van der Waals surface area contributed by atoms with E-state index in [2.05, 4.69) is 20.3 Å². The van der Waals surface area contributed by atoms with Crippen molar-refractivity contribution in [2.45, 2.75) is 19.5 Å². The van der Waals surface area contributed by atoms with Gasteiger partial charge in [-0.15, -0.1) is 0 Å². The maximum atomic E-state index is 13.4. The molecule has 0 radical (unpaired) electrons. The van der Waals surface area contributed by atoms with Crippen molar-refractivity contribution in [3.8, 4) is 11.8 Å². The second-order valence-corrected chi connectivity index (χ2v) is 7.67. The van der Waals surface area contributed by atoms with E-state index < -0.39 is 17.3 Å². The summed E-state index contributed by atoms with van der Waals surface area (Å²) in [5.74, 6) is 0.0896. The second-order valence-electron chi connectivity index (χ2n) is 7.67. The van der Waals surface area contributed by atoms with Crippen LogP contribution in [-0.2, 0) is 12.6 Å². The zero-order chi connectivity index (χ0) is 25.3. The van der Waals surface area contributed by atoms with Crippen molar-refractivity contribution >= 4 is 28.5 Å². The molecular formula is C23H19F3N8O. The van der Waals surface area contributed by atoms with Crippen molar-refractivity contribution in [3.05, 3.63) is 75.3 Å². The molecule has 2 aromatic heterocycles. The molecule has 35 heavy (non-hydrogen) atoms. The number of anilines is 3. The zero-order valence-electron chi connectivity index (χ0n) is 18.4. The Bertz CT molecular complexity index is 1540. The molecule has 178 valence electrons. The van der Waals surface area contributed by atoms with Crippen molar-refractivity contribution < 1.29 is 13.2 Å². The lowest BCUT2D eigenvalue weighted by Gasteiger charge is -2.16. The maximum Gasteiger partial charge on any atom is 0.416 e. The number of aryl methyl sites for hydroxylation is 1. The van der Waals surface area contributed by atoms with Gasteiger partial charge in [0.15, 0.2) is 5.82 Å². The van der Waals surface area contributed by atoms with Gasteiger partial charge in [0.05, 0.1) is 22.2 Å². The third kappa shape index (κ3) is 4.56. The van der Waals surface area contributed by atoms with Crippen LogP contribution in [0, 0.1) is 18.3 Å². The fourth-order valence-electron chi connectivity index (χ4n) is 3.68. The van der Waals surface area contributed by atoms with Crippen molar-refractivity contribution in [3.63, 3.8) is 0 Å². The summed E-state index contributed by atoms with van der Waals surface area (Å²) < 4.78 is 41.2. The molecule has 4 aromatic rings. The number of alkyl halides is 3. The molecule has 2 heterocycles. The number of rotatable bonds is 5. The van der Waals surface area contributed by atoms with Gasteiger partial charge in [-0.25, -0.2) is 4.98 Å². The van der Waals surface area contributed by atoms with E-state index in [4.69, 9.17) is 11.5 Å². The smallest absolute Gasteiger partial charge is 0.382 e. The highest BCUT2D eigenvalue weighted by atomic mass is 19.4. The second kappa shape index (κ2) is 8.94. The lowest BCUT2D eigenvalue weighted by molar-refractivity contribution is -0.137. The van der Waals surface area contributed by atoms with Gasteiger partial charge >= 0.3 is 6.18 Å². The number of halogens is 3. The molecule has 0 bridgehead atoms. The van der Waals surface area contributed by atoms with Gasteiger partial charge in [-0.1, -0.05) is 18.2 Å². The van der Waals surface area contributed by atoms with Crippen LogP contribution in [0.4, 0.5) is 30.8 Å². The summed E-state index contributed by atoms with van der Waals surface area (Å²) in [7, 11) is 0. The average molecular weight is 480 g/mol. The average Bonchev–Trinajstić information content (AvgIpc) is 2.79. The van der Waals surface area contributed by atoms with Crippen LogP contribution in [-0.4, -0.2) is 26.1 Å². The highest BCUT2D eigenvalue weighted by Gasteiger charge is 2.31. The summed E-state index contributed by atoms with van der Waals surface area (Å²) in [6.07, 6.45) is -4.48. The summed E-state index contributed by atoms with van der Waals surface area (Å²) in [4.78, 5) is 25.7. The van der Waals surface area contributed by atoms with Gasteiger partial charge in [0.25, 0.3) is 5.56 Å². The van der Waals surface area contributed by atoms with Crippen LogP contribution in [0.5, 0.6) is 0 Å². The minimum atomic E-state index is -4.58. The number of hydrogen-bond donors (Lipinski definition) is 3. The van der Waals surface area contributed by atoms with Crippen molar-refractivity contribution in [1.29, 1.82) is 5.26 Å². The van der Waals surface area contributed by atoms with Crippen LogP contribution in [0.15, 0.2) is 47.3 Å². The van der Waals surface area contributed by atoms with E-state index in [0.717, 1.165) is 22.3 Å². The van der Waals surface area contributed by atoms with E-state index in [0.29, 0.717) is 5.52 Å². The first-order valence-electron chi connectivity index (χ1n) is 10.4. The van der Waals surface area contributed by atoms with E-state index in [1.807, 2.05) is 6.07 Å². The molecule has 4 rings (SSSR count). The van der Waals surface area contributed by atoms with Gasteiger partial charge < -0.3 is 16.8 Å². The molecule has 0 saturated heterocycles. The normalized spacial score (nSPS) is 11.4. The number of hydrogen-bond acceptors (Lipinski definition) is 8. The number of fused-ring (bicyclic) bond motifs is 1. The molecule has 0 aliphatic carbocycles. The third-order valence-corrected chi connectivity index (χ3v) is 5.31. The fourth-order valence-corrected chi connectivity index (χ4v) is 3.68. The van der Waals surface area contributed by atoms with Gasteiger partial charge in [-0.3, -0.25) is 9.36 Å². The Kier molecular flexibility index (Phi) is 6.00. The summed E-state index contributed by atoms with van der Waals surface area (Å²) in [5.41, 5.74) is 11.2. The van der Waals surface area contributed by atoms with Gasteiger partial charge in [-0.2, -0.15) is 28.4 Å². The third-order valence-electron chi connectivity index (χ3n) is 5.31. The summed E-state index contributed by atoms with van der Waals surface area (Å²) >= 11 is 0. The van der Waals surface area contributed by atoms with E-state index in [1.54, 1.807) is 25.1 Å². The highest BCUT2D eigenvalue weighted by molar-refractivity contribution is 5.81. The number of para-hydroxylation sites is 1. The predicted octanol–water partition coefficient (Wildman–Crippen LogP) is 3.19. The first-order valence-corrected chi connectivity index (χ1v) is 10.4. The first-order chi connectivity index (χ1) is 16.6. The van der Waals surface area contributed by atoms with Gasteiger partial charge in [0, 0.05) is 13.0 Å². The van der Waals surface area contributed by atoms with E-state index in [9.17, 15) is 23.2 Å². The number of nitrogens with two attached hydrogens (primary N) is 2. The van der Waals surface area contributed by atoms with Gasteiger partial charge in [0.1, 0.15) is 23.3 Å². The Balaban J connectivity index is 1.80. The minimum Gasteiger partial charge on any atom is -0.382 e. The quantitative estimate of drug-likeness (QED) is 0.394. The Morgan fingerprint density at radius 3 is 2.57 bits per heavy atom. The fraction of sp³-hybridized carbons (Fsp3) is 0.174. The summed E-state index contributed by atoms with van der Waals surface area (Å²) in [6.45, 7) is 1.91. The molecule has 0 aliphatic rings. The maximum absolute atomic E-state index is 13.4. The van der Waals surface area contributed by atoms with Crippen LogP contribution in [0.2, 0.25) is 0 Å². The van der Waals surface area contributed by atoms with Crippen LogP contribution in [0.25, 0.3) is 16.6 Å². The molecule has 9 nitrogen and oxygen atoms in total. The van der Waals surface area contributed by atoms with Crippen molar-refractivity contribution in [2.24, 2.45) is 0 Å². The van der Waals surface area contributed by atoms with E-state index in [-0.39, 0.29) is 53.0 Å². The molecule has 0 atom stereocenters. The Morgan fingerprint density at radius 2 is 1.86 bits per heavy atom. The van der Waals surface area contributed by atoms with Gasteiger partial charge in [0.2, 0.25) is 5.95 Å². The predicted molar refractivity (Wildman–Crippen MR) is 125 cm³/mol. The number of nitriles is 1. The lowest BCUT2D eigenvalue weighted by Crippen LogP contribution is -2.26. The minimum absolute atomic E-state index is 0.00298. The summed E-state index contributed by atoms with van der Waals surface area (Å²) in [6, 6.07) is 11.4. The van der Waals surface area contributed by atoms with Crippen LogP contribution >= 0.6 is 0 Å². The number of aromatic nitrogens is 4. The Hall–Kier alpha value is -4.66. The molecule has 5 N–H and O–H groups in total. The Labute approximate surface area is 196 Å².